The molecule has 0 saturated heterocycles. The molecule has 0 heterocycles. The van der Waals surface area contributed by atoms with Gasteiger partial charge in [0.1, 0.15) is 5.75 Å². The molecule has 0 aliphatic rings. The van der Waals surface area contributed by atoms with Gasteiger partial charge in [0, 0.05) is 18.8 Å². The van der Waals surface area contributed by atoms with Gasteiger partial charge in [-0.25, -0.2) is 4.79 Å². The molecule has 0 saturated carbocycles. The first-order valence-corrected chi connectivity index (χ1v) is 5.85. The van der Waals surface area contributed by atoms with Gasteiger partial charge in [0.2, 0.25) is 5.91 Å². The summed E-state index contributed by atoms with van der Waals surface area (Å²) in [5, 5.41) is 6.96. The number of amides is 3. The summed E-state index contributed by atoms with van der Waals surface area (Å²) < 4.78 is 40.6. The van der Waals surface area contributed by atoms with Crippen LogP contribution in [0.3, 0.4) is 0 Å². The van der Waals surface area contributed by atoms with Crippen LogP contribution in [0.1, 0.15) is 0 Å². The highest BCUT2D eigenvalue weighted by atomic mass is 19.4. The number of carbonyl (C=O) groups excluding carboxylic acids is 2. The van der Waals surface area contributed by atoms with Crippen LogP contribution in [-0.4, -0.2) is 38.3 Å². The van der Waals surface area contributed by atoms with Gasteiger partial charge < -0.3 is 20.7 Å². The van der Waals surface area contributed by atoms with E-state index in [1.165, 1.54) is 31.3 Å². The molecule has 21 heavy (non-hydrogen) atoms. The Bertz CT molecular complexity index is 506. The molecule has 0 atom stereocenters. The lowest BCUT2D eigenvalue weighted by Crippen LogP contribution is -2.37. The lowest BCUT2D eigenvalue weighted by atomic mass is 10.3. The molecule has 6 nitrogen and oxygen atoms in total. The second-order valence-electron chi connectivity index (χ2n) is 3.91. The molecule has 0 radical (unpaired) electrons. The van der Waals surface area contributed by atoms with Gasteiger partial charge in [-0.05, 0) is 12.1 Å². The number of anilines is 1. The van der Waals surface area contributed by atoms with Crippen LogP contribution in [0.25, 0.3) is 0 Å². The third kappa shape index (κ3) is 7.04. The third-order valence-electron chi connectivity index (χ3n) is 2.18. The number of hydrogen-bond donors (Lipinski definition) is 3. The zero-order valence-corrected chi connectivity index (χ0v) is 11.1. The molecule has 0 aromatic heterocycles. The van der Waals surface area contributed by atoms with Crippen molar-refractivity contribution in [2.75, 3.05) is 25.5 Å². The number of hydrogen-bond acceptors (Lipinski definition) is 3. The quantitative estimate of drug-likeness (QED) is 0.771. The van der Waals surface area contributed by atoms with Crippen molar-refractivity contribution in [3.05, 3.63) is 24.3 Å². The molecule has 0 aliphatic heterocycles. The van der Waals surface area contributed by atoms with E-state index in [1.54, 1.807) is 0 Å². The van der Waals surface area contributed by atoms with Crippen LogP contribution < -0.4 is 20.7 Å². The summed E-state index contributed by atoms with van der Waals surface area (Å²) in [4.78, 5) is 22.4. The molecule has 3 amide bonds. The molecule has 0 bridgehead atoms. The van der Waals surface area contributed by atoms with Crippen LogP contribution in [0, 0.1) is 0 Å². The lowest BCUT2D eigenvalue weighted by Gasteiger charge is -2.11. The van der Waals surface area contributed by atoms with Crippen molar-refractivity contribution in [2.24, 2.45) is 0 Å². The minimum atomic E-state index is -4.44. The Morgan fingerprint density at radius 1 is 1.29 bits per heavy atom. The number of likely N-dealkylation sites (N-methyl/N-ethyl adjacent to an activating group) is 1. The molecule has 0 aliphatic carbocycles. The predicted octanol–water partition coefficient (Wildman–Crippen LogP) is 1.50. The Morgan fingerprint density at radius 2 is 2.00 bits per heavy atom. The second-order valence-corrected chi connectivity index (χ2v) is 3.91. The number of benzene rings is 1. The third-order valence-corrected chi connectivity index (χ3v) is 2.18. The lowest BCUT2D eigenvalue weighted by molar-refractivity contribution is -0.153. The first-order chi connectivity index (χ1) is 9.80. The molecule has 3 N–H and O–H groups in total. The van der Waals surface area contributed by atoms with Crippen molar-refractivity contribution in [3.8, 4) is 5.75 Å². The van der Waals surface area contributed by atoms with Gasteiger partial charge in [0.15, 0.2) is 6.61 Å². The van der Waals surface area contributed by atoms with E-state index < -0.39 is 18.8 Å². The molecule has 9 heteroatoms. The van der Waals surface area contributed by atoms with Gasteiger partial charge in [0.05, 0.1) is 6.54 Å². The highest BCUT2D eigenvalue weighted by molar-refractivity contribution is 5.92. The van der Waals surface area contributed by atoms with Crippen molar-refractivity contribution in [3.63, 3.8) is 0 Å². The van der Waals surface area contributed by atoms with Crippen molar-refractivity contribution >= 4 is 17.6 Å². The standard InChI is InChI=1S/C12H14F3N3O3/c1-16-10(19)6-17-11(20)18-8-3-2-4-9(5-8)21-7-12(13,14)15/h2-5H,6-7H2,1H3,(H,16,19)(H2,17,18,20). The molecule has 1 rings (SSSR count). The number of alkyl halides is 3. The highest BCUT2D eigenvalue weighted by Gasteiger charge is 2.28. The monoisotopic (exact) mass is 305 g/mol. The van der Waals surface area contributed by atoms with Gasteiger partial charge in [-0.1, -0.05) is 6.07 Å². The molecular formula is C12H14F3N3O3. The van der Waals surface area contributed by atoms with Gasteiger partial charge in [0.25, 0.3) is 0 Å². The Hall–Kier alpha value is -2.45. The van der Waals surface area contributed by atoms with E-state index in [2.05, 4.69) is 20.7 Å². The van der Waals surface area contributed by atoms with E-state index >= 15 is 0 Å². The molecule has 1 aromatic carbocycles. The Labute approximate surface area is 118 Å². The fourth-order valence-electron chi connectivity index (χ4n) is 1.25. The van der Waals surface area contributed by atoms with Crippen molar-refractivity contribution in [2.45, 2.75) is 6.18 Å². The van der Waals surface area contributed by atoms with Crippen LogP contribution in [-0.2, 0) is 4.79 Å². The van der Waals surface area contributed by atoms with E-state index in [9.17, 15) is 22.8 Å². The SMILES string of the molecule is CNC(=O)CNC(=O)Nc1cccc(OCC(F)(F)F)c1. The summed E-state index contributed by atoms with van der Waals surface area (Å²) in [5.74, 6) is -0.413. The average molecular weight is 305 g/mol. The largest absolute Gasteiger partial charge is 0.484 e. The first-order valence-electron chi connectivity index (χ1n) is 5.85. The summed E-state index contributed by atoms with van der Waals surface area (Å²) in [7, 11) is 1.42. The Balaban J connectivity index is 2.52. The molecular weight excluding hydrogens is 291 g/mol. The average Bonchev–Trinajstić information content (AvgIpc) is 2.42. The maximum Gasteiger partial charge on any atom is 0.422 e. The summed E-state index contributed by atoms with van der Waals surface area (Å²) in [6.07, 6.45) is -4.44. The number of rotatable bonds is 5. The Kier molecular flexibility index (Phi) is 5.82. The van der Waals surface area contributed by atoms with Crippen LogP contribution in [0.4, 0.5) is 23.7 Å². The number of halogens is 3. The predicted molar refractivity (Wildman–Crippen MR) is 69.1 cm³/mol. The van der Waals surface area contributed by atoms with E-state index in [4.69, 9.17) is 0 Å². The van der Waals surface area contributed by atoms with Gasteiger partial charge in [-0.3, -0.25) is 4.79 Å². The normalized spacial score (nSPS) is 10.7. The van der Waals surface area contributed by atoms with E-state index in [0.29, 0.717) is 0 Å². The summed E-state index contributed by atoms with van der Waals surface area (Å²) >= 11 is 0. The number of carbonyl (C=O) groups is 2. The van der Waals surface area contributed by atoms with Gasteiger partial charge in [-0.2, -0.15) is 13.2 Å². The van der Waals surface area contributed by atoms with Gasteiger partial charge >= 0.3 is 12.2 Å². The van der Waals surface area contributed by atoms with E-state index in [-0.39, 0.29) is 23.9 Å². The number of nitrogens with one attached hydrogen (secondary N) is 3. The van der Waals surface area contributed by atoms with Gasteiger partial charge in [-0.15, -0.1) is 0 Å². The zero-order chi connectivity index (χ0) is 15.9. The second kappa shape index (κ2) is 7.36. The van der Waals surface area contributed by atoms with Crippen molar-refractivity contribution in [1.82, 2.24) is 10.6 Å². The molecule has 1 aromatic rings. The minimum Gasteiger partial charge on any atom is -0.484 e. The van der Waals surface area contributed by atoms with Crippen LogP contribution in [0.2, 0.25) is 0 Å². The van der Waals surface area contributed by atoms with E-state index in [1.807, 2.05) is 0 Å². The maximum atomic E-state index is 12.0. The van der Waals surface area contributed by atoms with Crippen molar-refractivity contribution < 1.29 is 27.5 Å². The summed E-state index contributed by atoms with van der Waals surface area (Å²) in [5.41, 5.74) is 0.240. The molecule has 0 fully saturated rings. The fourth-order valence-corrected chi connectivity index (χ4v) is 1.25. The number of urea groups is 1. The van der Waals surface area contributed by atoms with Crippen molar-refractivity contribution in [1.29, 1.82) is 0 Å². The number of ether oxygens (including phenoxy) is 1. The van der Waals surface area contributed by atoms with Crippen LogP contribution >= 0.6 is 0 Å². The molecule has 0 unspecified atom stereocenters. The smallest absolute Gasteiger partial charge is 0.422 e. The summed E-state index contributed by atoms with van der Waals surface area (Å²) in [6.45, 7) is -1.63. The zero-order valence-electron chi connectivity index (χ0n) is 11.1. The van der Waals surface area contributed by atoms with Crippen LogP contribution in [0.5, 0.6) is 5.75 Å². The van der Waals surface area contributed by atoms with E-state index in [0.717, 1.165) is 0 Å². The minimum absolute atomic E-state index is 0.0311. The summed E-state index contributed by atoms with van der Waals surface area (Å²) in [6, 6.07) is 4.82. The van der Waals surface area contributed by atoms with Crippen LogP contribution in [0.15, 0.2) is 24.3 Å². The fraction of sp³-hybridized carbons (Fsp3) is 0.333. The molecule has 116 valence electrons. The first kappa shape index (κ1) is 16.6. The topological polar surface area (TPSA) is 79.5 Å². The Morgan fingerprint density at radius 3 is 2.62 bits per heavy atom. The highest BCUT2D eigenvalue weighted by Crippen LogP contribution is 2.21. The molecule has 0 spiro atoms. The maximum absolute atomic E-state index is 12.0.